The molecule has 0 aliphatic carbocycles. The van der Waals surface area contributed by atoms with Crippen molar-refractivity contribution in [1.29, 1.82) is 0 Å². The molecule has 0 saturated carbocycles. The Morgan fingerprint density at radius 1 is 1.67 bits per heavy atom. The van der Waals surface area contributed by atoms with Crippen LogP contribution in [0.2, 0.25) is 0 Å². The Morgan fingerprint density at radius 3 is 3.07 bits per heavy atom. The largest absolute Gasteiger partial charge is 0.384 e. The van der Waals surface area contributed by atoms with E-state index in [2.05, 4.69) is 15.5 Å². The zero-order valence-electron chi connectivity index (χ0n) is 8.53. The third-order valence-electron chi connectivity index (χ3n) is 1.76. The molecule has 1 aromatic rings. The topological polar surface area (TPSA) is 83.8 Å². The summed E-state index contributed by atoms with van der Waals surface area (Å²) in [5.74, 6) is 0.321. The number of H-pyrrole nitrogens is 1. The molecule has 1 rings (SSSR count). The number of carbonyl (C=O) groups is 1. The normalized spacial score (nSPS) is 11.3. The van der Waals surface area contributed by atoms with Crippen LogP contribution in [0, 0.1) is 0 Å². The molecule has 0 bridgehead atoms. The summed E-state index contributed by atoms with van der Waals surface area (Å²) in [5, 5.41) is 9.02. The predicted octanol–water partition coefficient (Wildman–Crippen LogP) is 0.740. The fraction of sp³-hybridized carbons (Fsp3) is 0.200. The van der Waals surface area contributed by atoms with Crippen LogP contribution in [0.4, 0.5) is 5.82 Å². The Kier molecular flexibility index (Phi) is 4.15. The molecule has 0 atom stereocenters. The number of amides is 1. The first kappa shape index (κ1) is 11.0. The van der Waals surface area contributed by atoms with Gasteiger partial charge in [0.05, 0.1) is 6.20 Å². The van der Waals surface area contributed by atoms with Gasteiger partial charge in [0.15, 0.2) is 0 Å². The van der Waals surface area contributed by atoms with Gasteiger partial charge in [-0.15, -0.1) is 0 Å². The standard InChI is InChI=1S/C10H14N4O/c1-2-3-4-5-9(15)12-6-8-7-13-14-10(8)11/h2-5,7H,6H2,1H3,(H,12,15)(H3,11,13,14). The van der Waals surface area contributed by atoms with Crippen molar-refractivity contribution in [2.24, 2.45) is 0 Å². The number of carbonyl (C=O) groups excluding carboxylic acids is 1. The van der Waals surface area contributed by atoms with Crippen LogP contribution < -0.4 is 11.1 Å². The minimum atomic E-state index is -0.159. The van der Waals surface area contributed by atoms with Crippen LogP contribution in [0.5, 0.6) is 0 Å². The maximum atomic E-state index is 11.2. The number of nitrogens with one attached hydrogen (secondary N) is 2. The first-order valence-corrected chi connectivity index (χ1v) is 4.59. The third-order valence-corrected chi connectivity index (χ3v) is 1.76. The lowest BCUT2D eigenvalue weighted by Gasteiger charge is -1.99. The highest BCUT2D eigenvalue weighted by Gasteiger charge is 2.01. The predicted molar refractivity (Wildman–Crippen MR) is 58.8 cm³/mol. The minimum absolute atomic E-state index is 0.159. The van der Waals surface area contributed by atoms with Crippen molar-refractivity contribution in [1.82, 2.24) is 15.5 Å². The summed E-state index contributed by atoms with van der Waals surface area (Å²) in [6.45, 7) is 2.26. The third kappa shape index (κ3) is 3.68. The number of nitrogen functional groups attached to an aromatic ring is 1. The molecular formula is C10H14N4O. The van der Waals surface area contributed by atoms with Crippen molar-refractivity contribution < 1.29 is 4.79 Å². The summed E-state index contributed by atoms with van der Waals surface area (Å²) in [7, 11) is 0. The number of rotatable bonds is 4. The lowest BCUT2D eigenvalue weighted by atomic mass is 10.3. The number of hydrogen-bond donors (Lipinski definition) is 3. The van der Waals surface area contributed by atoms with Gasteiger partial charge in [-0.05, 0) is 6.92 Å². The Morgan fingerprint density at radius 2 is 2.47 bits per heavy atom. The van der Waals surface area contributed by atoms with Crippen LogP contribution in [0.1, 0.15) is 12.5 Å². The first-order valence-electron chi connectivity index (χ1n) is 4.59. The van der Waals surface area contributed by atoms with Crippen molar-refractivity contribution >= 4 is 11.7 Å². The molecule has 0 saturated heterocycles. The summed E-state index contributed by atoms with van der Waals surface area (Å²) in [5.41, 5.74) is 6.33. The zero-order valence-corrected chi connectivity index (χ0v) is 8.53. The molecule has 80 valence electrons. The van der Waals surface area contributed by atoms with Gasteiger partial charge in [-0.2, -0.15) is 5.10 Å². The first-order chi connectivity index (χ1) is 7.24. The summed E-state index contributed by atoms with van der Waals surface area (Å²) in [4.78, 5) is 11.2. The van der Waals surface area contributed by atoms with E-state index in [1.165, 1.54) is 6.08 Å². The van der Waals surface area contributed by atoms with Crippen LogP contribution in [0.3, 0.4) is 0 Å². The van der Waals surface area contributed by atoms with Crippen molar-refractivity contribution in [3.05, 3.63) is 36.1 Å². The fourth-order valence-corrected chi connectivity index (χ4v) is 0.957. The number of nitrogens with two attached hydrogens (primary N) is 1. The average molecular weight is 206 g/mol. The molecule has 5 nitrogen and oxygen atoms in total. The van der Waals surface area contributed by atoms with Gasteiger partial charge in [0.25, 0.3) is 0 Å². The zero-order chi connectivity index (χ0) is 11.1. The molecule has 1 aromatic heterocycles. The molecule has 0 spiro atoms. The number of aromatic amines is 1. The summed E-state index contributed by atoms with van der Waals surface area (Å²) < 4.78 is 0. The molecule has 0 aliphatic heterocycles. The van der Waals surface area contributed by atoms with Gasteiger partial charge in [0, 0.05) is 18.2 Å². The van der Waals surface area contributed by atoms with Crippen molar-refractivity contribution in [2.75, 3.05) is 5.73 Å². The second-order valence-corrected chi connectivity index (χ2v) is 2.91. The van der Waals surface area contributed by atoms with E-state index < -0.39 is 0 Å². The molecule has 0 aliphatic rings. The molecule has 0 radical (unpaired) electrons. The number of hydrogen-bond acceptors (Lipinski definition) is 3. The lowest BCUT2D eigenvalue weighted by molar-refractivity contribution is -0.116. The van der Waals surface area contributed by atoms with Crippen molar-refractivity contribution in [2.45, 2.75) is 13.5 Å². The molecule has 5 heteroatoms. The highest BCUT2D eigenvalue weighted by molar-refractivity contribution is 5.87. The van der Waals surface area contributed by atoms with E-state index in [1.807, 2.05) is 13.0 Å². The minimum Gasteiger partial charge on any atom is -0.384 e. The van der Waals surface area contributed by atoms with E-state index in [0.717, 1.165) is 5.56 Å². The molecular weight excluding hydrogens is 192 g/mol. The molecule has 0 unspecified atom stereocenters. The number of anilines is 1. The van der Waals surface area contributed by atoms with Gasteiger partial charge in [-0.3, -0.25) is 9.89 Å². The second kappa shape index (κ2) is 5.64. The average Bonchev–Trinajstić information content (AvgIpc) is 2.61. The maximum Gasteiger partial charge on any atom is 0.244 e. The van der Waals surface area contributed by atoms with Crippen LogP contribution in [-0.4, -0.2) is 16.1 Å². The highest BCUT2D eigenvalue weighted by Crippen LogP contribution is 2.04. The van der Waals surface area contributed by atoms with Crippen LogP contribution in [-0.2, 0) is 11.3 Å². The van der Waals surface area contributed by atoms with Crippen LogP contribution in [0.25, 0.3) is 0 Å². The second-order valence-electron chi connectivity index (χ2n) is 2.91. The van der Waals surface area contributed by atoms with Gasteiger partial charge in [-0.1, -0.05) is 18.2 Å². The van der Waals surface area contributed by atoms with E-state index in [-0.39, 0.29) is 5.91 Å². The molecule has 1 heterocycles. The van der Waals surface area contributed by atoms with Gasteiger partial charge in [0.1, 0.15) is 5.82 Å². The smallest absolute Gasteiger partial charge is 0.244 e. The molecule has 0 fully saturated rings. The van der Waals surface area contributed by atoms with E-state index in [4.69, 9.17) is 5.73 Å². The van der Waals surface area contributed by atoms with Gasteiger partial charge in [-0.25, -0.2) is 0 Å². The van der Waals surface area contributed by atoms with Gasteiger partial charge in [0.2, 0.25) is 5.91 Å². The quantitative estimate of drug-likeness (QED) is 0.502. The van der Waals surface area contributed by atoms with E-state index in [0.29, 0.717) is 12.4 Å². The molecule has 0 aromatic carbocycles. The van der Waals surface area contributed by atoms with Crippen LogP contribution >= 0.6 is 0 Å². The van der Waals surface area contributed by atoms with Crippen molar-refractivity contribution in [3.8, 4) is 0 Å². The highest BCUT2D eigenvalue weighted by atomic mass is 16.1. The number of aromatic nitrogens is 2. The number of nitrogens with zero attached hydrogens (tertiary/aromatic N) is 1. The summed E-state index contributed by atoms with van der Waals surface area (Å²) in [6.07, 6.45) is 8.35. The molecule has 1 amide bonds. The van der Waals surface area contributed by atoms with E-state index in [9.17, 15) is 4.79 Å². The molecule has 4 N–H and O–H groups in total. The van der Waals surface area contributed by atoms with Crippen LogP contribution in [0.15, 0.2) is 30.5 Å². The Bertz CT molecular complexity index is 379. The molecule has 15 heavy (non-hydrogen) atoms. The Labute approximate surface area is 88.1 Å². The van der Waals surface area contributed by atoms with Gasteiger partial charge < -0.3 is 11.1 Å². The SMILES string of the molecule is CC=CC=CC(=O)NCc1cn[nH]c1N. The van der Waals surface area contributed by atoms with E-state index >= 15 is 0 Å². The number of allylic oxidation sites excluding steroid dienone is 3. The van der Waals surface area contributed by atoms with Crippen molar-refractivity contribution in [3.63, 3.8) is 0 Å². The Balaban J connectivity index is 2.38. The van der Waals surface area contributed by atoms with Gasteiger partial charge >= 0.3 is 0 Å². The monoisotopic (exact) mass is 206 g/mol. The van der Waals surface area contributed by atoms with E-state index in [1.54, 1.807) is 18.3 Å². The summed E-state index contributed by atoms with van der Waals surface area (Å²) >= 11 is 0. The maximum absolute atomic E-state index is 11.2. The lowest BCUT2D eigenvalue weighted by Crippen LogP contribution is -2.20. The fourth-order valence-electron chi connectivity index (χ4n) is 0.957. The summed E-state index contributed by atoms with van der Waals surface area (Å²) in [6, 6.07) is 0. The Hall–Kier alpha value is -2.04.